The Morgan fingerprint density at radius 1 is 1.62 bits per heavy atom. The van der Waals surface area contributed by atoms with E-state index < -0.39 is 5.97 Å². The highest BCUT2D eigenvalue weighted by atomic mass is 16.4. The third-order valence-electron chi connectivity index (χ3n) is 2.40. The average Bonchev–Trinajstić information content (AvgIpc) is 2.83. The first-order chi connectivity index (χ1) is 7.63. The predicted octanol–water partition coefficient (Wildman–Crippen LogP) is 1.30. The molecular weight excluding hydrogens is 208 g/mol. The molecule has 2 aromatic rings. The van der Waals surface area contributed by atoms with Crippen LogP contribution in [0.25, 0.3) is 11.1 Å². The first kappa shape index (κ1) is 10.4. The van der Waals surface area contributed by atoms with E-state index in [1.807, 2.05) is 13.1 Å². The van der Waals surface area contributed by atoms with Gasteiger partial charge in [0.05, 0.1) is 6.20 Å². The largest absolute Gasteiger partial charge is 0.476 e. The predicted molar refractivity (Wildman–Crippen MR) is 57.2 cm³/mol. The molecule has 0 aromatic carbocycles. The van der Waals surface area contributed by atoms with Gasteiger partial charge in [-0.15, -0.1) is 0 Å². The quantitative estimate of drug-likeness (QED) is 0.816. The van der Waals surface area contributed by atoms with Gasteiger partial charge in [-0.1, -0.05) is 0 Å². The fraction of sp³-hybridized carbons (Fsp3) is 0.300. The van der Waals surface area contributed by atoms with Gasteiger partial charge in [-0.2, -0.15) is 10.2 Å². The lowest BCUT2D eigenvalue weighted by molar-refractivity contribution is 0.0691. The molecule has 2 N–H and O–H groups in total. The van der Waals surface area contributed by atoms with E-state index in [2.05, 4.69) is 15.3 Å². The molecule has 2 aromatic heterocycles. The number of aromatic nitrogens is 4. The topological polar surface area (TPSA) is 83.8 Å². The SMILES string of the molecule is CCn1cc(-c2c(C(=O)O)n[nH]c2C)cn1. The number of H-pyrrole nitrogens is 1. The average molecular weight is 220 g/mol. The second-order valence-corrected chi connectivity index (χ2v) is 3.46. The second kappa shape index (κ2) is 3.80. The number of carboxylic acids is 1. The van der Waals surface area contributed by atoms with Crippen LogP contribution in [0.4, 0.5) is 0 Å². The molecule has 6 nitrogen and oxygen atoms in total. The molecule has 0 amide bonds. The van der Waals surface area contributed by atoms with Gasteiger partial charge in [0, 0.05) is 29.6 Å². The fourth-order valence-electron chi connectivity index (χ4n) is 1.60. The van der Waals surface area contributed by atoms with Crippen LogP contribution in [0.1, 0.15) is 23.1 Å². The third-order valence-corrected chi connectivity index (χ3v) is 2.40. The summed E-state index contributed by atoms with van der Waals surface area (Å²) in [5.74, 6) is -1.04. The Morgan fingerprint density at radius 2 is 2.38 bits per heavy atom. The van der Waals surface area contributed by atoms with Gasteiger partial charge in [0.1, 0.15) is 0 Å². The minimum absolute atomic E-state index is 0.0353. The van der Waals surface area contributed by atoms with Crippen LogP contribution < -0.4 is 0 Å². The summed E-state index contributed by atoms with van der Waals surface area (Å²) < 4.78 is 1.74. The van der Waals surface area contributed by atoms with Crippen molar-refractivity contribution in [2.75, 3.05) is 0 Å². The van der Waals surface area contributed by atoms with E-state index in [1.165, 1.54) is 0 Å². The van der Waals surface area contributed by atoms with Crippen LogP contribution in [-0.4, -0.2) is 31.1 Å². The minimum atomic E-state index is -1.04. The van der Waals surface area contributed by atoms with Crippen molar-refractivity contribution in [3.8, 4) is 11.1 Å². The van der Waals surface area contributed by atoms with Crippen molar-refractivity contribution in [1.82, 2.24) is 20.0 Å². The number of carboxylic acid groups (broad SMARTS) is 1. The number of carbonyl (C=O) groups is 1. The Bertz CT molecular complexity index is 527. The van der Waals surface area contributed by atoms with Crippen molar-refractivity contribution >= 4 is 5.97 Å². The Hall–Kier alpha value is -2.11. The van der Waals surface area contributed by atoms with Crippen LogP contribution in [0.5, 0.6) is 0 Å². The van der Waals surface area contributed by atoms with Crippen molar-refractivity contribution in [2.45, 2.75) is 20.4 Å². The van der Waals surface area contributed by atoms with Gasteiger partial charge in [-0.05, 0) is 13.8 Å². The van der Waals surface area contributed by atoms with Crippen LogP contribution in [0.3, 0.4) is 0 Å². The van der Waals surface area contributed by atoms with Gasteiger partial charge in [0.15, 0.2) is 5.69 Å². The summed E-state index contributed by atoms with van der Waals surface area (Å²) in [6.07, 6.45) is 3.46. The number of rotatable bonds is 3. The minimum Gasteiger partial charge on any atom is -0.476 e. The highest BCUT2D eigenvalue weighted by Crippen LogP contribution is 2.25. The molecule has 0 spiro atoms. The highest BCUT2D eigenvalue weighted by molar-refractivity contribution is 5.94. The van der Waals surface area contributed by atoms with Gasteiger partial charge in [0.2, 0.25) is 0 Å². The molecule has 2 heterocycles. The van der Waals surface area contributed by atoms with E-state index >= 15 is 0 Å². The Kier molecular flexibility index (Phi) is 2.47. The first-order valence-corrected chi connectivity index (χ1v) is 4.94. The third kappa shape index (κ3) is 1.58. The lowest BCUT2D eigenvalue weighted by Gasteiger charge is -1.96. The number of nitrogens with one attached hydrogen (secondary N) is 1. The molecule has 6 heteroatoms. The van der Waals surface area contributed by atoms with Gasteiger partial charge >= 0.3 is 5.97 Å². The first-order valence-electron chi connectivity index (χ1n) is 4.94. The van der Waals surface area contributed by atoms with Crippen LogP contribution in [0.15, 0.2) is 12.4 Å². The molecule has 0 saturated carbocycles. The number of hydrogen-bond acceptors (Lipinski definition) is 3. The van der Waals surface area contributed by atoms with E-state index in [9.17, 15) is 4.79 Å². The van der Waals surface area contributed by atoms with E-state index in [0.717, 1.165) is 17.8 Å². The van der Waals surface area contributed by atoms with Crippen molar-refractivity contribution in [1.29, 1.82) is 0 Å². The van der Waals surface area contributed by atoms with Gasteiger partial charge in [0.25, 0.3) is 0 Å². The molecule has 0 aliphatic rings. The number of aryl methyl sites for hydroxylation is 2. The monoisotopic (exact) mass is 220 g/mol. The molecule has 0 saturated heterocycles. The molecule has 0 unspecified atom stereocenters. The summed E-state index contributed by atoms with van der Waals surface area (Å²) in [7, 11) is 0. The Labute approximate surface area is 91.9 Å². The van der Waals surface area contributed by atoms with E-state index in [4.69, 9.17) is 5.11 Å². The van der Waals surface area contributed by atoms with Crippen LogP contribution in [0, 0.1) is 6.92 Å². The lowest BCUT2D eigenvalue weighted by Crippen LogP contribution is -1.99. The maximum atomic E-state index is 11.0. The van der Waals surface area contributed by atoms with E-state index in [0.29, 0.717) is 5.56 Å². The summed E-state index contributed by atoms with van der Waals surface area (Å²) in [5.41, 5.74) is 2.14. The number of aromatic carboxylic acids is 1. The Morgan fingerprint density at radius 3 is 2.94 bits per heavy atom. The van der Waals surface area contributed by atoms with Gasteiger partial charge in [-0.3, -0.25) is 9.78 Å². The molecule has 0 aliphatic carbocycles. The van der Waals surface area contributed by atoms with Crippen LogP contribution >= 0.6 is 0 Å². The van der Waals surface area contributed by atoms with Gasteiger partial charge in [-0.25, -0.2) is 4.79 Å². The van der Waals surface area contributed by atoms with Crippen molar-refractivity contribution in [2.24, 2.45) is 0 Å². The molecule has 16 heavy (non-hydrogen) atoms. The van der Waals surface area contributed by atoms with Crippen molar-refractivity contribution in [3.63, 3.8) is 0 Å². The summed E-state index contributed by atoms with van der Waals surface area (Å²) in [4.78, 5) is 11.0. The molecule has 84 valence electrons. The molecule has 0 atom stereocenters. The molecule has 0 aliphatic heterocycles. The van der Waals surface area contributed by atoms with Crippen LogP contribution in [-0.2, 0) is 6.54 Å². The lowest BCUT2D eigenvalue weighted by atomic mass is 10.1. The maximum absolute atomic E-state index is 11.0. The van der Waals surface area contributed by atoms with Crippen molar-refractivity contribution < 1.29 is 9.90 Å². The Balaban J connectivity index is 2.54. The summed E-state index contributed by atoms with van der Waals surface area (Å²) in [5, 5.41) is 19.6. The molecule has 2 rings (SSSR count). The molecular formula is C10H12N4O2. The number of hydrogen-bond donors (Lipinski definition) is 2. The molecule has 0 bridgehead atoms. The van der Waals surface area contributed by atoms with Crippen LogP contribution in [0.2, 0.25) is 0 Å². The smallest absolute Gasteiger partial charge is 0.357 e. The summed E-state index contributed by atoms with van der Waals surface area (Å²) in [6, 6.07) is 0. The standard InChI is InChI=1S/C10H12N4O2/c1-3-14-5-7(4-11-14)8-6(2)12-13-9(8)10(15)16/h4-5H,3H2,1-2H3,(H,12,13)(H,15,16). The zero-order valence-electron chi connectivity index (χ0n) is 9.06. The maximum Gasteiger partial charge on any atom is 0.357 e. The number of nitrogens with zero attached hydrogens (tertiary/aromatic N) is 3. The number of aromatic amines is 1. The molecule has 0 radical (unpaired) electrons. The second-order valence-electron chi connectivity index (χ2n) is 3.46. The summed E-state index contributed by atoms with van der Waals surface area (Å²) >= 11 is 0. The van der Waals surface area contributed by atoms with E-state index in [-0.39, 0.29) is 5.69 Å². The zero-order valence-corrected chi connectivity index (χ0v) is 9.06. The zero-order chi connectivity index (χ0) is 11.7. The molecule has 0 fully saturated rings. The van der Waals surface area contributed by atoms with E-state index in [1.54, 1.807) is 17.8 Å². The normalized spacial score (nSPS) is 10.6. The fourth-order valence-corrected chi connectivity index (χ4v) is 1.60. The highest BCUT2D eigenvalue weighted by Gasteiger charge is 2.19. The van der Waals surface area contributed by atoms with Crippen molar-refractivity contribution in [3.05, 3.63) is 23.8 Å². The van der Waals surface area contributed by atoms with Gasteiger partial charge < -0.3 is 5.11 Å². The summed E-state index contributed by atoms with van der Waals surface area (Å²) in [6.45, 7) is 4.51.